The molecular formula is C18H15N2NaO8S2. The fourth-order valence-corrected chi connectivity index (χ4v) is 4.05. The molecule has 0 aromatic heterocycles. The Kier molecular flexibility index (Phi) is 7.48. The van der Waals surface area contributed by atoms with Crippen LogP contribution in [0.25, 0.3) is 10.8 Å². The van der Waals surface area contributed by atoms with Crippen LogP contribution in [0, 0.1) is 6.92 Å². The third-order valence-electron chi connectivity index (χ3n) is 4.24. The van der Waals surface area contributed by atoms with Crippen molar-refractivity contribution in [3.63, 3.8) is 0 Å². The van der Waals surface area contributed by atoms with E-state index in [1.807, 2.05) is 0 Å². The van der Waals surface area contributed by atoms with E-state index >= 15 is 0 Å². The molecule has 0 saturated heterocycles. The summed E-state index contributed by atoms with van der Waals surface area (Å²) < 4.78 is 70.9. The van der Waals surface area contributed by atoms with E-state index in [0.717, 1.165) is 18.2 Å². The van der Waals surface area contributed by atoms with Crippen molar-refractivity contribution < 1.29 is 65.3 Å². The van der Waals surface area contributed by atoms with Crippen molar-refractivity contribution in [2.45, 2.75) is 16.7 Å². The Morgan fingerprint density at radius 2 is 1.68 bits per heavy atom. The average molecular weight is 474 g/mol. The van der Waals surface area contributed by atoms with Crippen molar-refractivity contribution in [2.24, 2.45) is 10.2 Å². The second-order valence-corrected chi connectivity index (χ2v) is 9.00. The van der Waals surface area contributed by atoms with Gasteiger partial charge in [-0.3, -0.25) is 4.55 Å². The van der Waals surface area contributed by atoms with Crippen LogP contribution in [0.4, 0.5) is 11.4 Å². The van der Waals surface area contributed by atoms with Crippen LogP contribution in [0.3, 0.4) is 0 Å². The molecule has 13 heteroatoms. The molecule has 3 rings (SSSR count). The van der Waals surface area contributed by atoms with Crippen LogP contribution in [-0.4, -0.2) is 38.2 Å². The monoisotopic (exact) mass is 474 g/mol. The molecule has 0 aliphatic rings. The number of hydrogen-bond donors (Lipinski definition) is 2. The molecule has 0 heterocycles. The summed E-state index contributed by atoms with van der Waals surface area (Å²) in [5.41, 5.74) is 0.318. The Balaban J connectivity index is 0.00000341. The average Bonchev–Trinajstić information content (AvgIpc) is 2.65. The largest absolute Gasteiger partial charge is 1.00 e. The second-order valence-electron chi connectivity index (χ2n) is 6.23. The number of phenols is 1. The number of methoxy groups -OCH3 is 1. The minimum Gasteiger partial charge on any atom is -0.744 e. The van der Waals surface area contributed by atoms with Gasteiger partial charge in [0.25, 0.3) is 10.1 Å². The normalized spacial score (nSPS) is 12.1. The molecule has 0 unspecified atom stereocenters. The van der Waals surface area contributed by atoms with Crippen molar-refractivity contribution in [1.82, 2.24) is 0 Å². The maximum absolute atomic E-state index is 11.4. The molecular weight excluding hydrogens is 459 g/mol. The summed E-state index contributed by atoms with van der Waals surface area (Å²) in [5.74, 6) is -0.245. The maximum atomic E-state index is 11.4. The first-order chi connectivity index (χ1) is 13.9. The number of nitrogens with zero attached hydrogens (tertiary/aromatic N) is 2. The maximum Gasteiger partial charge on any atom is 1.00 e. The van der Waals surface area contributed by atoms with Crippen molar-refractivity contribution in [2.75, 3.05) is 7.11 Å². The Morgan fingerprint density at radius 3 is 2.26 bits per heavy atom. The Morgan fingerprint density at radius 1 is 1.00 bits per heavy atom. The van der Waals surface area contributed by atoms with Gasteiger partial charge in [0.15, 0.2) is 0 Å². The van der Waals surface area contributed by atoms with Gasteiger partial charge in [0, 0.05) is 11.5 Å². The van der Waals surface area contributed by atoms with Gasteiger partial charge in [0.1, 0.15) is 37.9 Å². The van der Waals surface area contributed by atoms with E-state index in [-0.39, 0.29) is 62.9 Å². The number of hydrogen-bond acceptors (Lipinski definition) is 9. The summed E-state index contributed by atoms with van der Waals surface area (Å²) >= 11 is 0. The Labute approximate surface area is 200 Å². The molecule has 3 aromatic carbocycles. The second kappa shape index (κ2) is 9.20. The van der Waals surface area contributed by atoms with E-state index in [2.05, 4.69) is 10.2 Å². The van der Waals surface area contributed by atoms with Crippen LogP contribution >= 0.6 is 0 Å². The molecule has 0 amide bonds. The van der Waals surface area contributed by atoms with Crippen LogP contribution in [0.1, 0.15) is 5.56 Å². The van der Waals surface area contributed by atoms with Gasteiger partial charge >= 0.3 is 29.6 Å². The van der Waals surface area contributed by atoms with E-state index in [1.54, 1.807) is 0 Å². The number of aryl methyl sites for hydroxylation is 1. The molecule has 0 spiro atoms. The Bertz CT molecular complexity index is 1400. The minimum atomic E-state index is -4.66. The zero-order valence-electron chi connectivity index (χ0n) is 16.6. The Hall–Kier alpha value is -2.06. The third-order valence-corrected chi connectivity index (χ3v) is 6.07. The molecule has 0 aliphatic heterocycles. The fraction of sp³-hybridized carbons (Fsp3) is 0.111. The molecule has 10 nitrogen and oxygen atoms in total. The number of rotatable bonds is 5. The summed E-state index contributed by atoms with van der Waals surface area (Å²) in [7, 11) is -7.85. The summed E-state index contributed by atoms with van der Waals surface area (Å²) in [6.45, 7) is 1.45. The summed E-state index contributed by atoms with van der Waals surface area (Å²) in [6, 6.07) is 8.67. The van der Waals surface area contributed by atoms with Gasteiger partial charge in [-0.2, -0.15) is 8.42 Å². The summed E-state index contributed by atoms with van der Waals surface area (Å²) in [4.78, 5) is -0.778. The van der Waals surface area contributed by atoms with Crippen molar-refractivity contribution in [1.29, 1.82) is 0 Å². The molecule has 0 fully saturated rings. The SMILES string of the molecule is COc1cc(S(=O)(=O)O)c(C)cc1N=Nc1c(O)ccc2cc(S(=O)(=O)[O-])ccc12.[Na+]. The van der Waals surface area contributed by atoms with Crippen molar-refractivity contribution in [3.05, 3.63) is 48.0 Å². The van der Waals surface area contributed by atoms with E-state index in [9.17, 15) is 31.0 Å². The molecule has 0 bridgehead atoms. The van der Waals surface area contributed by atoms with Gasteiger partial charge in [0.05, 0.1) is 12.0 Å². The quantitative estimate of drug-likeness (QED) is 0.305. The predicted octanol–water partition coefficient (Wildman–Crippen LogP) is 0.433. The van der Waals surface area contributed by atoms with Gasteiger partial charge in [-0.05, 0) is 42.1 Å². The molecule has 0 atom stereocenters. The van der Waals surface area contributed by atoms with Gasteiger partial charge in [-0.25, -0.2) is 8.42 Å². The number of phenolic OH excluding ortho intramolecular Hbond substituents is 1. The van der Waals surface area contributed by atoms with Crippen LogP contribution in [-0.2, 0) is 20.2 Å². The van der Waals surface area contributed by atoms with Crippen LogP contribution in [0.2, 0.25) is 0 Å². The van der Waals surface area contributed by atoms with Crippen LogP contribution in [0.15, 0.2) is 62.5 Å². The van der Waals surface area contributed by atoms with Gasteiger partial charge in [-0.1, -0.05) is 12.1 Å². The number of ether oxygens (including phenoxy) is 1. The zero-order chi connectivity index (χ0) is 22.3. The predicted molar refractivity (Wildman–Crippen MR) is 105 cm³/mol. The number of aromatic hydroxyl groups is 1. The molecule has 0 aliphatic carbocycles. The summed E-state index contributed by atoms with van der Waals surface area (Å²) in [6.07, 6.45) is 0. The first kappa shape index (κ1) is 25.2. The number of fused-ring (bicyclic) bond motifs is 1. The van der Waals surface area contributed by atoms with Crippen LogP contribution < -0.4 is 34.3 Å². The zero-order valence-corrected chi connectivity index (χ0v) is 20.2. The third kappa shape index (κ3) is 5.41. The van der Waals surface area contributed by atoms with Gasteiger partial charge in [0.2, 0.25) is 0 Å². The van der Waals surface area contributed by atoms with Crippen molar-refractivity contribution >= 4 is 42.4 Å². The molecule has 3 aromatic rings. The number of azo groups is 1. The molecule has 0 radical (unpaired) electrons. The van der Waals surface area contributed by atoms with E-state index in [0.29, 0.717) is 10.8 Å². The minimum absolute atomic E-state index is 0. The molecule has 0 saturated carbocycles. The smallest absolute Gasteiger partial charge is 0.744 e. The van der Waals surface area contributed by atoms with E-state index in [4.69, 9.17) is 4.74 Å². The molecule has 31 heavy (non-hydrogen) atoms. The van der Waals surface area contributed by atoms with E-state index in [1.165, 1.54) is 38.3 Å². The summed E-state index contributed by atoms with van der Waals surface area (Å²) in [5, 5.41) is 18.8. The van der Waals surface area contributed by atoms with Crippen molar-refractivity contribution in [3.8, 4) is 11.5 Å². The topological polar surface area (TPSA) is 166 Å². The van der Waals surface area contributed by atoms with E-state index < -0.39 is 25.1 Å². The van der Waals surface area contributed by atoms with Gasteiger partial charge in [-0.15, -0.1) is 10.2 Å². The fourth-order valence-electron chi connectivity index (χ4n) is 2.82. The first-order valence-corrected chi connectivity index (χ1v) is 11.1. The van der Waals surface area contributed by atoms with Gasteiger partial charge < -0.3 is 14.4 Å². The van der Waals surface area contributed by atoms with Crippen LogP contribution in [0.5, 0.6) is 11.5 Å². The standard InChI is InChI=1S/C18H16N2O8S2.Na/c1-10-7-14(16(28-2)9-17(10)30(25,26)27)19-20-18-13-5-4-12(29(22,23)24)8-11(13)3-6-15(18)21;/h3-9,21H,1-2H3,(H,22,23,24)(H,25,26,27);/q;+1/p-1. The first-order valence-electron chi connectivity index (χ1n) is 8.21. The molecule has 158 valence electrons. The number of benzene rings is 3. The molecule has 2 N–H and O–H groups in total.